The first kappa shape index (κ1) is 14.3. The molecule has 0 aromatic rings. The van der Waals surface area contributed by atoms with E-state index in [2.05, 4.69) is 10.2 Å². The Morgan fingerprint density at radius 3 is 2.41 bits per heavy atom. The number of likely N-dealkylation sites (tertiary alicyclic amines) is 1. The maximum Gasteiger partial charge on any atom is 0.324 e. The highest BCUT2D eigenvalue weighted by Crippen LogP contribution is 2.13. The first-order valence-electron chi connectivity index (χ1n) is 5.85. The van der Waals surface area contributed by atoms with Gasteiger partial charge in [-0.25, -0.2) is 4.79 Å². The van der Waals surface area contributed by atoms with E-state index >= 15 is 0 Å². The third-order valence-corrected chi connectivity index (χ3v) is 3.24. The van der Waals surface area contributed by atoms with E-state index in [1.54, 1.807) is 4.90 Å². The monoisotopic (exact) mass is 261 g/mol. The van der Waals surface area contributed by atoms with Crippen LogP contribution in [0.4, 0.5) is 4.79 Å². The molecule has 3 amide bonds. The number of rotatable bonds is 3. The molecule has 0 bridgehead atoms. The summed E-state index contributed by atoms with van der Waals surface area (Å²) >= 11 is 5.43. The fourth-order valence-electron chi connectivity index (χ4n) is 1.93. The molecule has 1 aliphatic rings. The van der Waals surface area contributed by atoms with Gasteiger partial charge in [0.25, 0.3) is 0 Å². The summed E-state index contributed by atoms with van der Waals surface area (Å²) in [7, 11) is 4.09. The molecule has 0 atom stereocenters. The van der Waals surface area contributed by atoms with Crippen LogP contribution in [0.3, 0.4) is 0 Å². The van der Waals surface area contributed by atoms with Crippen LogP contribution in [0.15, 0.2) is 0 Å². The number of alkyl halides is 1. The summed E-state index contributed by atoms with van der Waals surface area (Å²) in [5, 5.41) is 2.34. The Morgan fingerprint density at radius 1 is 1.35 bits per heavy atom. The van der Waals surface area contributed by atoms with Gasteiger partial charge in [-0.05, 0) is 26.9 Å². The predicted molar refractivity (Wildman–Crippen MR) is 67.2 cm³/mol. The molecule has 1 fully saturated rings. The van der Waals surface area contributed by atoms with Crippen LogP contribution < -0.4 is 5.32 Å². The van der Waals surface area contributed by atoms with Gasteiger partial charge in [-0.1, -0.05) is 0 Å². The number of hydrogen-bond donors (Lipinski definition) is 1. The molecular formula is C11H20ClN3O2. The molecule has 5 nitrogen and oxygen atoms in total. The average Bonchev–Trinajstić information content (AvgIpc) is 2.29. The van der Waals surface area contributed by atoms with Crippen molar-refractivity contribution in [2.75, 3.05) is 33.1 Å². The second-order valence-electron chi connectivity index (χ2n) is 4.47. The van der Waals surface area contributed by atoms with Crippen LogP contribution in [-0.2, 0) is 4.79 Å². The first-order valence-corrected chi connectivity index (χ1v) is 6.39. The average molecular weight is 262 g/mol. The maximum atomic E-state index is 11.7. The highest BCUT2D eigenvalue weighted by Gasteiger charge is 2.24. The Bertz CT molecular complexity index is 276. The van der Waals surface area contributed by atoms with Gasteiger partial charge in [-0.2, -0.15) is 0 Å². The van der Waals surface area contributed by atoms with E-state index in [0.29, 0.717) is 19.1 Å². The molecule has 0 saturated carbocycles. The van der Waals surface area contributed by atoms with E-state index in [-0.39, 0.29) is 24.2 Å². The fourth-order valence-corrected chi connectivity index (χ4v) is 2.10. The molecule has 0 spiro atoms. The smallest absolute Gasteiger partial charge is 0.324 e. The number of imide groups is 1. The standard InChI is InChI=1S/C11H20ClN3O2/c1-14(2)9-4-7-15(8-5-9)11(17)13-10(16)3-6-12/h9H,3-8H2,1-2H3,(H,13,16,17). The molecule has 0 aromatic heterocycles. The van der Waals surface area contributed by atoms with Gasteiger partial charge in [0.1, 0.15) is 0 Å². The number of piperidine rings is 1. The summed E-state index contributed by atoms with van der Waals surface area (Å²) in [4.78, 5) is 26.8. The second-order valence-corrected chi connectivity index (χ2v) is 4.85. The van der Waals surface area contributed by atoms with Crippen LogP contribution in [-0.4, -0.2) is 60.8 Å². The molecule has 1 aliphatic heterocycles. The highest BCUT2D eigenvalue weighted by molar-refractivity contribution is 6.19. The van der Waals surface area contributed by atoms with Crippen molar-refractivity contribution in [3.05, 3.63) is 0 Å². The lowest BCUT2D eigenvalue weighted by Gasteiger charge is -2.34. The van der Waals surface area contributed by atoms with E-state index in [1.165, 1.54) is 0 Å². The maximum absolute atomic E-state index is 11.7. The van der Waals surface area contributed by atoms with Gasteiger partial charge >= 0.3 is 6.03 Å². The molecule has 1 rings (SSSR count). The van der Waals surface area contributed by atoms with E-state index in [1.807, 2.05) is 14.1 Å². The number of nitrogens with one attached hydrogen (secondary N) is 1. The van der Waals surface area contributed by atoms with Crippen molar-refractivity contribution in [3.63, 3.8) is 0 Å². The fraction of sp³-hybridized carbons (Fsp3) is 0.818. The first-order chi connectivity index (χ1) is 8.04. The number of carbonyl (C=O) groups is 2. The van der Waals surface area contributed by atoms with Crippen molar-refractivity contribution in [2.45, 2.75) is 25.3 Å². The predicted octanol–water partition coefficient (Wildman–Crippen LogP) is 0.877. The van der Waals surface area contributed by atoms with Gasteiger partial charge in [-0.3, -0.25) is 10.1 Å². The highest BCUT2D eigenvalue weighted by atomic mass is 35.5. The summed E-state index contributed by atoms with van der Waals surface area (Å²) in [5.41, 5.74) is 0. The minimum absolute atomic E-state index is 0.182. The van der Waals surface area contributed by atoms with Gasteiger partial charge in [0.05, 0.1) is 0 Å². The Labute approximate surface area is 107 Å². The third-order valence-electron chi connectivity index (χ3n) is 3.05. The minimum Gasteiger partial charge on any atom is -0.324 e. The molecule has 1 saturated heterocycles. The molecule has 1 heterocycles. The summed E-state index contributed by atoms with van der Waals surface area (Å²) in [5.74, 6) is -0.0679. The lowest BCUT2D eigenvalue weighted by Crippen LogP contribution is -2.49. The van der Waals surface area contributed by atoms with Crippen molar-refractivity contribution in [2.24, 2.45) is 0 Å². The summed E-state index contributed by atoms with van der Waals surface area (Å²) in [6.45, 7) is 1.39. The van der Waals surface area contributed by atoms with Crippen molar-refractivity contribution in [3.8, 4) is 0 Å². The topological polar surface area (TPSA) is 52.6 Å². The van der Waals surface area contributed by atoms with E-state index in [9.17, 15) is 9.59 Å². The molecule has 0 aliphatic carbocycles. The zero-order valence-corrected chi connectivity index (χ0v) is 11.2. The molecule has 6 heteroatoms. The Balaban J connectivity index is 2.33. The third kappa shape index (κ3) is 4.52. The van der Waals surface area contributed by atoms with Crippen molar-refractivity contribution < 1.29 is 9.59 Å². The lowest BCUT2D eigenvalue weighted by molar-refractivity contribution is -0.119. The van der Waals surface area contributed by atoms with Crippen LogP contribution >= 0.6 is 11.6 Å². The molecule has 17 heavy (non-hydrogen) atoms. The second kappa shape index (κ2) is 6.81. The van der Waals surface area contributed by atoms with Crippen LogP contribution in [0.25, 0.3) is 0 Å². The van der Waals surface area contributed by atoms with E-state index < -0.39 is 0 Å². The SMILES string of the molecule is CN(C)C1CCN(C(=O)NC(=O)CCCl)CC1. The largest absolute Gasteiger partial charge is 0.324 e. The van der Waals surface area contributed by atoms with Crippen molar-refractivity contribution >= 4 is 23.5 Å². The van der Waals surface area contributed by atoms with E-state index in [0.717, 1.165) is 12.8 Å². The van der Waals surface area contributed by atoms with Gasteiger partial charge in [0.2, 0.25) is 5.91 Å². The number of halogens is 1. The lowest BCUT2D eigenvalue weighted by atomic mass is 10.0. The number of urea groups is 1. The van der Waals surface area contributed by atoms with Gasteiger partial charge < -0.3 is 9.80 Å². The molecule has 0 aromatic carbocycles. The van der Waals surface area contributed by atoms with Crippen LogP contribution in [0.5, 0.6) is 0 Å². The Morgan fingerprint density at radius 2 is 1.94 bits per heavy atom. The van der Waals surface area contributed by atoms with Crippen LogP contribution in [0.2, 0.25) is 0 Å². The number of nitrogens with zero attached hydrogens (tertiary/aromatic N) is 2. The van der Waals surface area contributed by atoms with Crippen LogP contribution in [0.1, 0.15) is 19.3 Å². The number of amides is 3. The van der Waals surface area contributed by atoms with Crippen molar-refractivity contribution in [1.29, 1.82) is 0 Å². The quantitative estimate of drug-likeness (QED) is 0.768. The molecule has 0 unspecified atom stereocenters. The Kier molecular flexibility index (Phi) is 5.71. The van der Waals surface area contributed by atoms with Gasteiger partial charge in [0, 0.05) is 31.4 Å². The molecule has 98 valence electrons. The summed E-state index contributed by atoms with van der Waals surface area (Å²) < 4.78 is 0. The number of hydrogen-bond acceptors (Lipinski definition) is 3. The normalized spacial score (nSPS) is 17.3. The van der Waals surface area contributed by atoms with Crippen molar-refractivity contribution in [1.82, 2.24) is 15.1 Å². The van der Waals surface area contributed by atoms with Gasteiger partial charge in [-0.15, -0.1) is 11.6 Å². The van der Waals surface area contributed by atoms with E-state index in [4.69, 9.17) is 11.6 Å². The zero-order valence-electron chi connectivity index (χ0n) is 10.4. The van der Waals surface area contributed by atoms with Gasteiger partial charge in [0.15, 0.2) is 0 Å². The van der Waals surface area contributed by atoms with Crippen LogP contribution in [0, 0.1) is 0 Å². The summed E-state index contributed by atoms with van der Waals surface area (Å²) in [6, 6.07) is 0.231. The minimum atomic E-state index is -0.306. The number of carbonyl (C=O) groups excluding carboxylic acids is 2. The molecule has 0 radical (unpaired) electrons. The Hall–Kier alpha value is -0.810. The molecule has 1 N–H and O–H groups in total. The zero-order chi connectivity index (χ0) is 12.8. The summed E-state index contributed by atoms with van der Waals surface area (Å²) in [6.07, 6.45) is 2.08. The molecular weight excluding hydrogens is 242 g/mol.